The number of carbonyl (C=O) groups excluding carboxylic acids is 1. The molecule has 0 spiro atoms. The maximum atomic E-state index is 11.9. The van der Waals surface area contributed by atoms with Crippen molar-refractivity contribution in [2.24, 2.45) is 10.1 Å². The third-order valence-electron chi connectivity index (χ3n) is 3.18. The van der Waals surface area contributed by atoms with E-state index in [1.807, 2.05) is 30.3 Å². The molecule has 1 aromatic rings. The van der Waals surface area contributed by atoms with Crippen LogP contribution in [-0.4, -0.2) is 49.3 Å². The molecule has 20 heavy (non-hydrogen) atoms. The number of para-hydroxylation sites is 1. The molecule has 0 N–H and O–H groups in total. The summed E-state index contributed by atoms with van der Waals surface area (Å²) in [4.78, 5) is 18.3. The number of rotatable bonds is 2. The fourth-order valence-corrected chi connectivity index (χ4v) is 2.10. The first-order chi connectivity index (χ1) is 9.83. The molecule has 1 saturated heterocycles. The van der Waals surface area contributed by atoms with Crippen LogP contribution in [0.4, 0.5) is 5.69 Å². The van der Waals surface area contributed by atoms with Crippen molar-refractivity contribution in [3.63, 3.8) is 0 Å². The van der Waals surface area contributed by atoms with Crippen LogP contribution in [0.1, 0.15) is 6.42 Å². The molecule has 0 unspecified atom stereocenters. The average molecular weight is 272 g/mol. The summed E-state index contributed by atoms with van der Waals surface area (Å²) in [7, 11) is 0. The second kappa shape index (κ2) is 5.83. The van der Waals surface area contributed by atoms with Crippen LogP contribution >= 0.6 is 0 Å². The monoisotopic (exact) mass is 272 g/mol. The number of morpholine rings is 1. The van der Waals surface area contributed by atoms with Crippen molar-refractivity contribution >= 4 is 23.8 Å². The Morgan fingerprint density at radius 2 is 1.95 bits per heavy atom. The van der Waals surface area contributed by atoms with Gasteiger partial charge in [0.25, 0.3) is 5.91 Å². The Balaban J connectivity index is 1.69. The van der Waals surface area contributed by atoms with Crippen molar-refractivity contribution in [2.75, 3.05) is 31.3 Å². The fourth-order valence-electron chi connectivity index (χ4n) is 2.10. The van der Waals surface area contributed by atoms with Crippen LogP contribution in [0.25, 0.3) is 0 Å². The number of amides is 1. The molecular weight excluding hydrogens is 256 g/mol. The molecule has 0 radical (unpaired) electrons. The van der Waals surface area contributed by atoms with E-state index < -0.39 is 0 Å². The van der Waals surface area contributed by atoms with Crippen molar-refractivity contribution in [2.45, 2.75) is 6.42 Å². The zero-order valence-electron chi connectivity index (χ0n) is 11.1. The van der Waals surface area contributed by atoms with Crippen LogP contribution in [0, 0.1) is 0 Å². The number of aliphatic imine (C=N–C) groups is 1. The molecule has 104 valence electrons. The number of nitrogens with zero attached hydrogens (tertiary/aromatic N) is 4. The number of ether oxygens (including phenoxy) is 1. The summed E-state index contributed by atoms with van der Waals surface area (Å²) in [6.07, 6.45) is 2.00. The number of anilines is 1. The van der Waals surface area contributed by atoms with Gasteiger partial charge >= 0.3 is 0 Å². The molecule has 2 aliphatic heterocycles. The SMILES string of the molecule is O=C1CC(N=CN2CCOCC2)=NN1c1ccccc1. The van der Waals surface area contributed by atoms with E-state index in [1.165, 1.54) is 5.01 Å². The van der Waals surface area contributed by atoms with Crippen LogP contribution in [0.15, 0.2) is 40.4 Å². The molecule has 1 fully saturated rings. The third kappa shape index (κ3) is 2.85. The zero-order valence-corrected chi connectivity index (χ0v) is 11.1. The van der Waals surface area contributed by atoms with E-state index in [0.717, 1.165) is 18.8 Å². The van der Waals surface area contributed by atoms with Crippen LogP contribution in [0.2, 0.25) is 0 Å². The zero-order chi connectivity index (χ0) is 13.8. The van der Waals surface area contributed by atoms with Gasteiger partial charge in [-0.1, -0.05) is 18.2 Å². The molecule has 6 nitrogen and oxygen atoms in total. The second-order valence-electron chi connectivity index (χ2n) is 4.63. The lowest BCUT2D eigenvalue weighted by Crippen LogP contribution is -2.35. The van der Waals surface area contributed by atoms with Gasteiger partial charge in [-0.05, 0) is 12.1 Å². The van der Waals surface area contributed by atoms with Gasteiger partial charge in [0.05, 0.1) is 31.7 Å². The quantitative estimate of drug-likeness (QED) is 0.598. The van der Waals surface area contributed by atoms with Crippen LogP contribution in [0.5, 0.6) is 0 Å². The molecule has 0 saturated carbocycles. The van der Waals surface area contributed by atoms with Gasteiger partial charge in [0.1, 0.15) is 0 Å². The summed E-state index contributed by atoms with van der Waals surface area (Å²) in [6, 6.07) is 9.39. The van der Waals surface area contributed by atoms with E-state index in [2.05, 4.69) is 15.0 Å². The van der Waals surface area contributed by atoms with E-state index >= 15 is 0 Å². The summed E-state index contributed by atoms with van der Waals surface area (Å²) in [5.41, 5.74) is 0.772. The van der Waals surface area contributed by atoms with Gasteiger partial charge in [0.15, 0.2) is 5.84 Å². The van der Waals surface area contributed by atoms with Crippen molar-refractivity contribution in [1.29, 1.82) is 0 Å². The summed E-state index contributed by atoms with van der Waals surface area (Å²) in [5.74, 6) is 0.496. The molecule has 0 bridgehead atoms. The van der Waals surface area contributed by atoms with Crippen LogP contribution in [-0.2, 0) is 9.53 Å². The Morgan fingerprint density at radius 1 is 1.20 bits per heavy atom. The highest BCUT2D eigenvalue weighted by Gasteiger charge is 2.24. The summed E-state index contributed by atoms with van der Waals surface area (Å²) in [5, 5.41) is 5.68. The topological polar surface area (TPSA) is 57.5 Å². The predicted molar refractivity (Wildman–Crippen MR) is 76.9 cm³/mol. The second-order valence-corrected chi connectivity index (χ2v) is 4.63. The van der Waals surface area contributed by atoms with Crippen molar-refractivity contribution in [3.8, 4) is 0 Å². The standard InChI is InChI=1S/C14H16N4O2/c19-14-10-13(15-11-17-6-8-20-9-7-17)16-18(14)12-4-2-1-3-5-12/h1-5,11H,6-10H2. The normalized spacial score (nSPS) is 19.8. The smallest absolute Gasteiger partial charge is 0.255 e. The minimum atomic E-state index is -0.0506. The number of hydrogen-bond donors (Lipinski definition) is 0. The van der Waals surface area contributed by atoms with Gasteiger partial charge in [-0.2, -0.15) is 5.01 Å². The highest BCUT2D eigenvalue weighted by atomic mass is 16.5. The van der Waals surface area contributed by atoms with E-state index in [-0.39, 0.29) is 12.3 Å². The molecule has 0 aromatic heterocycles. The number of carbonyl (C=O) groups is 1. The number of hydrogen-bond acceptors (Lipinski definition) is 4. The molecular formula is C14H16N4O2. The number of benzene rings is 1. The third-order valence-corrected chi connectivity index (χ3v) is 3.18. The van der Waals surface area contributed by atoms with E-state index in [0.29, 0.717) is 19.0 Å². The average Bonchev–Trinajstić information content (AvgIpc) is 2.88. The van der Waals surface area contributed by atoms with Gasteiger partial charge in [0.2, 0.25) is 0 Å². The van der Waals surface area contributed by atoms with Gasteiger partial charge in [-0.25, -0.2) is 4.99 Å². The molecule has 1 aromatic carbocycles. The summed E-state index contributed by atoms with van der Waals surface area (Å²) >= 11 is 0. The van der Waals surface area contributed by atoms with E-state index in [4.69, 9.17) is 4.74 Å². The Hall–Kier alpha value is -2.21. The highest BCUT2D eigenvalue weighted by molar-refractivity contribution is 6.13. The first-order valence-electron chi connectivity index (χ1n) is 6.64. The Kier molecular flexibility index (Phi) is 3.73. The molecule has 1 amide bonds. The minimum Gasteiger partial charge on any atom is -0.378 e. The maximum absolute atomic E-state index is 11.9. The lowest BCUT2D eigenvalue weighted by Gasteiger charge is -2.23. The molecule has 0 atom stereocenters. The highest BCUT2D eigenvalue weighted by Crippen LogP contribution is 2.19. The maximum Gasteiger partial charge on any atom is 0.255 e. The summed E-state index contributed by atoms with van der Waals surface area (Å²) in [6.45, 7) is 3.08. The lowest BCUT2D eigenvalue weighted by atomic mass is 10.3. The van der Waals surface area contributed by atoms with Crippen molar-refractivity contribution in [3.05, 3.63) is 30.3 Å². The van der Waals surface area contributed by atoms with Crippen molar-refractivity contribution in [1.82, 2.24) is 4.90 Å². The summed E-state index contributed by atoms with van der Waals surface area (Å²) < 4.78 is 5.27. The van der Waals surface area contributed by atoms with Crippen molar-refractivity contribution < 1.29 is 9.53 Å². The van der Waals surface area contributed by atoms with E-state index in [1.54, 1.807) is 6.34 Å². The Morgan fingerprint density at radius 3 is 2.70 bits per heavy atom. The van der Waals surface area contributed by atoms with Gasteiger partial charge < -0.3 is 9.64 Å². The largest absolute Gasteiger partial charge is 0.378 e. The molecule has 2 heterocycles. The molecule has 0 aliphatic carbocycles. The molecule has 2 aliphatic rings. The van der Waals surface area contributed by atoms with Gasteiger partial charge in [-0.15, -0.1) is 5.10 Å². The Labute approximate surface area is 117 Å². The number of hydrazone groups is 1. The molecule has 6 heteroatoms. The number of amidine groups is 1. The van der Waals surface area contributed by atoms with Gasteiger partial charge in [0, 0.05) is 13.1 Å². The van der Waals surface area contributed by atoms with Gasteiger partial charge in [-0.3, -0.25) is 4.79 Å². The Bertz CT molecular complexity index is 535. The minimum absolute atomic E-state index is 0.0506. The van der Waals surface area contributed by atoms with Crippen LogP contribution in [0.3, 0.4) is 0 Å². The van der Waals surface area contributed by atoms with E-state index in [9.17, 15) is 4.79 Å². The fraction of sp³-hybridized carbons (Fsp3) is 0.357. The lowest BCUT2D eigenvalue weighted by molar-refractivity contribution is -0.116. The first-order valence-corrected chi connectivity index (χ1v) is 6.64. The molecule has 3 rings (SSSR count). The van der Waals surface area contributed by atoms with Crippen LogP contribution < -0.4 is 5.01 Å². The predicted octanol–water partition coefficient (Wildman–Crippen LogP) is 1.10. The first kappa shape index (κ1) is 12.8.